The third kappa shape index (κ3) is 2.85. The molecule has 1 aromatic carbocycles. The average Bonchev–Trinajstić information content (AvgIpc) is 3.06. The average molecular weight is 357 g/mol. The zero-order chi connectivity index (χ0) is 18.3. The van der Waals surface area contributed by atoms with Crippen LogP contribution in [0.4, 0.5) is 5.69 Å². The SMILES string of the molecule is CC(C)C1Cn2nnc(C(=O)Nc3ccc4c(c3)OCCO4)c2C(=O)N1. The van der Waals surface area contributed by atoms with Gasteiger partial charge in [0.15, 0.2) is 22.9 Å². The molecule has 2 aromatic rings. The first-order valence-electron chi connectivity index (χ1n) is 8.48. The Labute approximate surface area is 149 Å². The number of amides is 2. The molecule has 136 valence electrons. The lowest BCUT2D eigenvalue weighted by Gasteiger charge is -2.27. The number of fused-ring (bicyclic) bond motifs is 2. The van der Waals surface area contributed by atoms with Crippen molar-refractivity contribution in [2.45, 2.75) is 26.4 Å². The third-order valence-electron chi connectivity index (χ3n) is 4.46. The normalized spacial score (nSPS) is 18.3. The van der Waals surface area contributed by atoms with Gasteiger partial charge in [-0.3, -0.25) is 9.59 Å². The van der Waals surface area contributed by atoms with Crippen molar-refractivity contribution in [2.24, 2.45) is 5.92 Å². The summed E-state index contributed by atoms with van der Waals surface area (Å²) in [6.07, 6.45) is 0. The van der Waals surface area contributed by atoms with Crippen molar-refractivity contribution in [3.8, 4) is 11.5 Å². The first kappa shape index (κ1) is 16.4. The standard InChI is InChI=1S/C17H19N5O4/c1-9(2)11-8-22-15(17(24)19-11)14(20-21-22)16(23)18-10-3-4-12-13(7-10)26-6-5-25-12/h3-4,7,9,11H,5-6,8H2,1-2H3,(H,18,23)(H,19,24). The van der Waals surface area contributed by atoms with E-state index in [0.717, 1.165) is 0 Å². The van der Waals surface area contributed by atoms with Crippen LogP contribution in [0.2, 0.25) is 0 Å². The second-order valence-electron chi connectivity index (χ2n) is 6.61. The van der Waals surface area contributed by atoms with E-state index in [9.17, 15) is 9.59 Å². The molecule has 0 spiro atoms. The Morgan fingerprint density at radius 3 is 2.85 bits per heavy atom. The minimum absolute atomic E-state index is 0.000375. The van der Waals surface area contributed by atoms with Crippen LogP contribution in [0.25, 0.3) is 0 Å². The van der Waals surface area contributed by atoms with E-state index in [0.29, 0.717) is 36.9 Å². The Kier molecular flexibility index (Phi) is 3.98. The first-order chi connectivity index (χ1) is 12.5. The molecule has 1 unspecified atom stereocenters. The molecule has 4 rings (SSSR count). The second kappa shape index (κ2) is 6.32. The number of nitrogens with zero attached hydrogens (tertiary/aromatic N) is 3. The number of ether oxygens (including phenoxy) is 2. The van der Waals surface area contributed by atoms with Gasteiger partial charge in [-0.25, -0.2) is 4.68 Å². The molecule has 26 heavy (non-hydrogen) atoms. The molecule has 0 bridgehead atoms. The van der Waals surface area contributed by atoms with Gasteiger partial charge in [0.2, 0.25) is 0 Å². The maximum absolute atomic E-state index is 12.6. The molecule has 2 aliphatic rings. The molecular weight excluding hydrogens is 338 g/mol. The molecular formula is C17H19N5O4. The fourth-order valence-electron chi connectivity index (χ4n) is 2.98. The van der Waals surface area contributed by atoms with Gasteiger partial charge in [0.1, 0.15) is 13.2 Å². The summed E-state index contributed by atoms with van der Waals surface area (Å²) < 4.78 is 12.5. The van der Waals surface area contributed by atoms with Crippen LogP contribution in [-0.2, 0) is 6.54 Å². The van der Waals surface area contributed by atoms with Gasteiger partial charge in [-0.2, -0.15) is 0 Å². The molecule has 9 nitrogen and oxygen atoms in total. The highest BCUT2D eigenvalue weighted by molar-refractivity contribution is 6.10. The summed E-state index contributed by atoms with van der Waals surface area (Å²) in [5.41, 5.74) is 0.703. The van der Waals surface area contributed by atoms with Crippen LogP contribution in [-0.4, -0.2) is 46.1 Å². The fraction of sp³-hybridized carbons (Fsp3) is 0.412. The van der Waals surface area contributed by atoms with Crippen LogP contribution in [0.15, 0.2) is 18.2 Å². The van der Waals surface area contributed by atoms with Crippen molar-refractivity contribution in [3.05, 3.63) is 29.6 Å². The number of anilines is 1. The van der Waals surface area contributed by atoms with Gasteiger partial charge in [0.25, 0.3) is 11.8 Å². The van der Waals surface area contributed by atoms with Crippen molar-refractivity contribution in [3.63, 3.8) is 0 Å². The Morgan fingerprint density at radius 2 is 2.08 bits per heavy atom. The number of hydrogen-bond acceptors (Lipinski definition) is 6. The van der Waals surface area contributed by atoms with Crippen LogP contribution in [0.3, 0.4) is 0 Å². The molecule has 0 saturated carbocycles. The number of hydrogen-bond donors (Lipinski definition) is 2. The van der Waals surface area contributed by atoms with Gasteiger partial charge in [0, 0.05) is 11.8 Å². The van der Waals surface area contributed by atoms with E-state index >= 15 is 0 Å². The van der Waals surface area contributed by atoms with Crippen LogP contribution >= 0.6 is 0 Å². The quantitative estimate of drug-likeness (QED) is 0.851. The van der Waals surface area contributed by atoms with Gasteiger partial charge in [0.05, 0.1) is 12.6 Å². The minimum Gasteiger partial charge on any atom is -0.486 e. The number of rotatable bonds is 3. The molecule has 1 aromatic heterocycles. The zero-order valence-electron chi connectivity index (χ0n) is 14.5. The summed E-state index contributed by atoms with van der Waals surface area (Å²) >= 11 is 0. The fourth-order valence-corrected chi connectivity index (χ4v) is 2.98. The highest BCUT2D eigenvalue weighted by Gasteiger charge is 2.33. The third-order valence-corrected chi connectivity index (χ3v) is 4.46. The Bertz CT molecular complexity index is 876. The van der Waals surface area contributed by atoms with Crippen LogP contribution in [0.1, 0.15) is 34.8 Å². The molecule has 1 atom stereocenters. The Hall–Kier alpha value is -3.10. The van der Waals surface area contributed by atoms with E-state index in [1.54, 1.807) is 18.2 Å². The number of carbonyl (C=O) groups is 2. The molecule has 0 fully saturated rings. The van der Waals surface area contributed by atoms with Crippen LogP contribution in [0.5, 0.6) is 11.5 Å². The van der Waals surface area contributed by atoms with E-state index in [4.69, 9.17) is 9.47 Å². The summed E-state index contributed by atoms with van der Waals surface area (Å²) in [5.74, 6) is 0.616. The molecule has 0 saturated heterocycles. The first-order valence-corrected chi connectivity index (χ1v) is 8.48. The van der Waals surface area contributed by atoms with Crippen molar-refractivity contribution < 1.29 is 19.1 Å². The molecule has 0 radical (unpaired) electrons. The monoisotopic (exact) mass is 357 g/mol. The van der Waals surface area contributed by atoms with Crippen molar-refractivity contribution in [1.82, 2.24) is 20.3 Å². The van der Waals surface area contributed by atoms with Gasteiger partial charge in [-0.15, -0.1) is 5.10 Å². The predicted molar refractivity (Wildman–Crippen MR) is 91.5 cm³/mol. The van der Waals surface area contributed by atoms with E-state index in [1.807, 2.05) is 13.8 Å². The van der Waals surface area contributed by atoms with Gasteiger partial charge < -0.3 is 20.1 Å². The van der Waals surface area contributed by atoms with E-state index in [1.165, 1.54) is 4.68 Å². The van der Waals surface area contributed by atoms with E-state index in [-0.39, 0.29) is 29.3 Å². The Balaban J connectivity index is 1.56. The maximum Gasteiger partial charge on any atom is 0.278 e. The minimum atomic E-state index is -0.499. The van der Waals surface area contributed by atoms with Crippen molar-refractivity contribution in [1.29, 1.82) is 0 Å². The van der Waals surface area contributed by atoms with E-state index < -0.39 is 5.91 Å². The van der Waals surface area contributed by atoms with E-state index in [2.05, 4.69) is 20.9 Å². The number of nitrogens with one attached hydrogen (secondary N) is 2. The number of aromatic nitrogens is 3. The summed E-state index contributed by atoms with van der Waals surface area (Å²) in [6.45, 7) is 5.48. The second-order valence-corrected chi connectivity index (χ2v) is 6.61. The van der Waals surface area contributed by atoms with Crippen LogP contribution in [0, 0.1) is 5.92 Å². The van der Waals surface area contributed by atoms with Crippen LogP contribution < -0.4 is 20.1 Å². The maximum atomic E-state index is 12.6. The van der Waals surface area contributed by atoms with Crippen molar-refractivity contribution in [2.75, 3.05) is 18.5 Å². The molecule has 2 N–H and O–H groups in total. The molecule has 2 amide bonds. The highest BCUT2D eigenvalue weighted by atomic mass is 16.6. The summed E-state index contributed by atoms with van der Waals surface area (Å²) in [7, 11) is 0. The van der Waals surface area contributed by atoms with Gasteiger partial charge in [-0.1, -0.05) is 19.1 Å². The molecule has 3 heterocycles. The lowest BCUT2D eigenvalue weighted by Crippen LogP contribution is -2.47. The smallest absolute Gasteiger partial charge is 0.278 e. The number of benzene rings is 1. The summed E-state index contributed by atoms with van der Waals surface area (Å²) in [5, 5.41) is 13.5. The number of carbonyl (C=O) groups excluding carboxylic acids is 2. The highest BCUT2D eigenvalue weighted by Crippen LogP contribution is 2.32. The lowest BCUT2D eigenvalue weighted by molar-refractivity contribution is 0.0869. The summed E-state index contributed by atoms with van der Waals surface area (Å²) in [6, 6.07) is 5.07. The lowest BCUT2D eigenvalue weighted by atomic mass is 10.0. The molecule has 9 heteroatoms. The largest absolute Gasteiger partial charge is 0.486 e. The summed E-state index contributed by atoms with van der Waals surface area (Å²) in [4.78, 5) is 25.0. The van der Waals surface area contributed by atoms with Crippen molar-refractivity contribution >= 4 is 17.5 Å². The molecule has 2 aliphatic heterocycles. The molecule has 0 aliphatic carbocycles. The van der Waals surface area contributed by atoms with Gasteiger partial charge in [-0.05, 0) is 18.1 Å². The topological polar surface area (TPSA) is 107 Å². The predicted octanol–water partition coefficient (Wildman–Crippen LogP) is 1.07. The zero-order valence-corrected chi connectivity index (χ0v) is 14.5. The Morgan fingerprint density at radius 1 is 1.31 bits per heavy atom. The van der Waals surface area contributed by atoms with Gasteiger partial charge >= 0.3 is 0 Å².